The molecule has 0 radical (unpaired) electrons. The first-order chi connectivity index (χ1) is 15.1. The van der Waals surface area contributed by atoms with Crippen molar-refractivity contribution in [1.29, 1.82) is 0 Å². The van der Waals surface area contributed by atoms with Gasteiger partial charge in [-0.1, -0.05) is 6.07 Å². The third kappa shape index (κ3) is 4.56. The second kappa shape index (κ2) is 9.22. The maximum Gasteiger partial charge on any atom is 0.287 e. The molecule has 0 saturated carbocycles. The average molecular weight is 425 g/mol. The largest absolute Gasteiger partial charge is 0.493 e. The number of nitrogens with one attached hydrogen (secondary N) is 1. The fourth-order valence-corrected chi connectivity index (χ4v) is 3.84. The molecule has 0 unspecified atom stereocenters. The van der Waals surface area contributed by atoms with E-state index in [-0.39, 0.29) is 17.7 Å². The molecular formula is C22H27N5O4. The Morgan fingerprint density at radius 2 is 2.00 bits per heavy atom. The van der Waals surface area contributed by atoms with Crippen LogP contribution in [0.1, 0.15) is 40.7 Å². The number of ether oxygens (including phenoxy) is 2. The smallest absolute Gasteiger partial charge is 0.287 e. The van der Waals surface area contributed by atoms with Gasteiger partial charge in [-0.3, -0.25) is 9.69 Å². The van der Waals surface area contributed by atoms with E-state index in [0.29, 0.717) is 0 Å². The third-order valence-corrected chi connectivity index (χ3v) is 5.48. The standard InChI is InChI=1S/C22H27N5O4/c1-15(23-22(28)18-5-4-12-31-18)21-25-24-20-8-9-26(10-11-27(20)21)14-16-6-7-17(29-2)19(13-16)30-3/h4-7,12-13,15H,8-11,14H2,1-3H3,(H,23,28)/t15-/m1/s1. The molecule has 9 heteroatoms. The van der Waals surface area contributed by atoms with E-state index < -0.39 is 0 Å². The van der Waals surface area contributed by atoms with Crippen molar-refractivity contribution in [2.24, 2.45) is 0 Å². The van der Waals surface area contributed by atoms with Gasteiger partial charge in [0.2, 0.25) is 0 Å². The molecule has 0 fully saturated rings. The summed E-state index contributed by atoms with van der Waals surface area (Å²) in [5.74, 6) is 3.16. The lowest BCUT2D eigenvalue weighted by Crippen LogP contribution is -2.30. The molecule has 2 aromatic heterocycles. The van der Waals surface area contributed by atoms with Gasteiger partial charge in [-0.05, 0) is 36.8 Å². The van der Waals surface area contributed by atoms with Gasteiger partial charge in [0.15, 0.2) is 23.1 Å². The van der Waals surface area contributed by atoms with E-state index in [0.717, 1.165) is 61.3 Å². The Kier molecular flexibility index (Phi) is 6.22. The molecule has 0 saturated heterocycles. The van der Waals surface area contributed by atoms with Crippen molar-refractivity contribution in [1.82, 2.24) is 25.0 Å². The molecule has 9 nitrogen and oxygen atoms in total. The minimum absolute atomic E-state index is 0.265. The van der Waals surface area contributed by atoms with Gasteiger partial charge in [0.05, 0.1) is 26.5 Å². The summed E-state index contributed by atoms with van der Waals surface area (Å²) in [5.41, 5.74) is 1.16. The van der Waals surface area contributed by atoms with Gasteiger partial charge >= 0.3 is 0 Å². The Labute approximate surface area is 181 Å². The summed E-state index contributed by atoms with van der Waals surface area (Å²) in [6, 6.07) is 9.05. The number of hydrogen-bond donors (Lipinski definition) is 1. The molecule has 1 N–H and O–H groups in total. The van der Waals surface area contributed by atoms with Crippen molar-refractivity contribution >= 4 is 5.91 Å². The summed E-state index contributed by atoms with van der Waals surface area (Å²) in [7, 11) is 3.28. The van der Waals surface area contributed by atoms with Crippen molar-refractivity contribution in [2.45, 2.75) is 32.5 Å². The van der Waals surface area contributed by atoms with Gasteiger partial charge < -0.3 is 23.8 Å². The normalized spacial score (nSPS) is 15.1. The van der Waals surface area contributed by atoms with Crippen LogP contribution in [0.15, 0.2) is 41.0 Å². The number of methoxy groups -OCH3 is 2. The molecule has 3 heterocycles. The van der Waals surface area contributed by atoms with E-state index in [1.165, 1.54) is 6.26 Å². The van der Waals surface area contributed by atoms with Crippen LogP contribution in [0.4, 0.5) is 0 Å². The number of amides is 1. The Hall–Kier alpha value is -3.33. The number of carbonyl (C=O) groups is 1. The maximum atomic E-state index is 12.3. The van der Waals surface area contributed by atoms with Crippen molar-refractivity contribution in [2.75, 3.05) is 27.3 Å². The van der Waals surface area contributed by atoms with Gasteiger partial charge in [-0.2, -0.15) is 0 Å². The molecule has 1 aliphatic heterocycles. The molecule has 3 aromatic rings. The minimum atomic E-state index is -0.281. The zero-order valence-electron chi connectivity index (χ0n) is 18.0. The SMILES string of the molecule is COc1ccc(CN2CCc3nnc([C@@H](C)NC(=O)c4ccco4)n3CC2)cc1OC. The van der Waals surface area contributed by atoms with Gasteiger partial charge in [0, 0.05) is 32.6 Å². The van der Waals surface area contributed by atoms with Crippen LogP contribution in [0.5, 0.6) is 11.5 Å². The molecule has 0 aliphatic carbocycles. The van der Waals surface area contributed by atoms with Crippen LogP contribution in [-0.4, -0.2) is 52.9 Å². The highest BCUT2D eigenvalue weighted by molar-refractivity contribution is 5.91. The molecule has 1 amide bonds. The maximum absolute atomic E-state index is 12.3. The topological polar surface area (TPSA) is 94.6 Å². The predicted molar refractivity (Wildman–Crippen MR) is 113 cm³/mol. The van der Waals surface area contributed by atoms with E-state index in [4.69, 9.17) is 13.9 Å². The van der Waals surface area contributed by atoms with E-state index in [1.807, 2.05) is 19.1 Å². The van der Waals surface area contributed by atoms with Crippen LogP contribution in [0.25, 0.3) is 0 Å². The van der Waals surface area contributed by atoms with Crippen LogP contribution >= 0.6 is 0 Å². The third-order valence-electron chi connectivity index (χ3n) is 5.48. The van der Waals surface area contributed by atoms with Crippen LogP contribution in [-0.2, 0) is 19.5 Å². The summed E-state index contributed by atoms with van der Waals surface area (Å²) >= 11 is 0. The summed E-state index contributed by atoms with van der Waals surface area (Å²) in [6.07, 6.45) is 2.27. The minimum Gasteiger partial charge on any atom is -0.493 e. The molecule has 1 atom stereocenters. The summed E-state index contributed by atoms with van der Waals surface area (Å²) in [4.78, 5) is 14.7. The first-order valence-electron chi connectivity index (χ1n) is 10.3. The van der Waals surface area contributed by atoms with Crippen LogP contribution in [0.2, 0.25) is 0 Å². The lowest BCUT2D eigenvalue weighted by molar-refractivity contribution is 0.0909. The number of rotatable bonds is 7. The Bertz CT molecular complexity index is 1030. The summed E-state index contributed by atoms with van der Waals surface area (Å²) in [5, 5.41) is 11.7. The molecule has 0 spiro atoms. The molecule has 0 bridgehead atoms. The highest BCUT2D eigenvalue weighted by Crippen LogP contribution is 2.28. The number of fused-ring (bicyclic) bond motifs is 1. The first kappa shape index (κ1) is 20.9. The molecule has 4 rings (SSSR count). The number of furan rings is 1. The number of aromatic nitrogens is 3. The first-order valence-corrected chi connectivity index (χ1v) is 10.3. The van der Waals surface area contributed by atoms with Crippen molar-refractivity contribution in [3.8, 4) is 11.5 Å². The molecular weight excluding hydrogens is 398 g/mol. The quantitative estimate of drug-likeness (QED) is 0.621. The van der Waals surface area contributed by atoms with Crippen molar-refractivity contribution in [3.63, 3.8) is 0 Å². The Balaban J connectivity index is 1.41. The van der Waals surface area contributed by atoms with Gasteiger partial charge in [-0.15, -0.1) is 10.2 Å². The van der Waals surface area contributed by atoms with E-state index in [1.54, 1.807) is 26.4 Å². The van der Waals surface area contributed by atoms with Crippen LogP contribution in [0, 0.1) is 0 Å². The monoisotopic (exact) mass is 425 g/mol. The summed E-state index contributed by atoms with van der Waals surface area (Å²) < 4.78 is 18.0. The number of nitrogens with zero attached hydrogens (tertiary/aromatic N) is 4. The van der Waals surface area contributed by atoms with Crippen LogP contribution in [0.3, 0.4) is 0 Å². The molecule has 1 aromatic carbocycles. The highest BCUT2D eigenvalue weighted by atomic mass is 16.5. The van der Waals surface area contributed by atoms with Crippen LogP contribution < -0.4 is 14.8 Å². The van der Waals surface area contributed by atoms with E-state index >= 15 is 0 Å². The zero-order chi connectivity index (χ0) is 21.8. The second-order valence-electron chi connectivity index (χ2n) is 7.51. The number of carbonyl (C=O) groups excluding carboxylic acids is 1. The van der Waals surface area contributed by atoms with Gasteiger partial charge in [0.25, 0.3) is 5.91 Å². The fourth-order valence-electron chi connectivity index (χ4n) is 3.84. The van der Waals surface area contributed by atoms with Crippen molar-refractivity contribution < 1.29 is 18.7 Å². The molecule has 31 heavy (non-hydrogen) atoms. The molecule has 164 valence electrons. The van der Waals surface area contributed by atoms with Gasteiger partial charge in [-0.25, -0.2) is 0 Å². The summed E-state index contributed by atoms with van der Waals surface area (Å²) in [6.45, 7) is 5.19. The lowest BCUT2D eigenvalue weighted by Gasteiger charge is -2.21. The highest BCUT2D eigenvalue weighted by Gasteiger charge is 2.23. The Morgan fingerprint density at radius 1 is 1.16 bits per heavy atom. The number of benzene rings is 1. The zero-order valence-corrected chi connectivity index (χ0v) is 18.0. The second-order valence-corrected chi connectivity index (χ2v) is 7.51. The van der Waals surface area contributed by atoms with E-state index in [9.17, 15) is 4.79 Å². The lowest BCUT2D eigenvalue weighted by atomic mass is 10.2. The fraction of sp³-hybridized carbons (Fsp3) is 0.409. The average Bonchev–Trinajstić information content (AvgIpc) is 3.42. The van der Waals surface area contributed by atoms with Gasteiger partial charge in [0.1, 0.15) is 5.82 Å². The Morgan fingerprint density at radius 3 is 2.74 bits per heavy atom. The predicted octanol–water partition coefficient (Wildman–Crippen LogP) is 2.44. The number of hydrogen-bond acceptors (Lipinski definition) is 7. The molecule has 1 aliphatic rings. The van der Waals surface area contributed by atoms with E-state index in [2.05, 4.69) is 31.0 Å². The van der Waals surface area contributed by atoms with Crippen molar-refractivity contribution in [3.05, 3.63) is 59.6 Å².